The molecule has 3 aliphatic carbocycles. The van der Waals surface area contributed by atoms with E-state index in [9.17, 15) is 31.6 Å². The molecule has 60 heavy (non-hydrogen) atoms. The predicted octanol–water partition coefficient (Wildman–Crippen LogP) is 5.19. The summed E-state index contributed by atoms with van der Waals surface area (Å²) in [6, 6.07) is 2.77. The number of alkyl halides is 2. The van der Waals surface area contributed by atoms with Crippen molar-refractivity contribution in [3.63, 3.8) is 0 Å². The molecule has 3 N–H and O–H groups in total. The Labute approximate surface area is 349 Å². The van der Waals surface area contributed by atoms with E-state index in [4.69, 9.17) is 24.2 Å². The molecule has 2 aliphatic heterocycles. The number of cyclic esters (lactones) is 1. The Morgan fingerprint density at radius 3 is 2.38 bits per heavy atom. The van der Waals surface area contributed by atoms with Crippen LogP contribution in [0.25, 0.3) is 11.0 Å². The van der Waals surface area contributed by atoms with E-state index >= 15 is 4.79 Å². The van der Waals surface area contributed by atoms with E-state index in [2.05, 4.69) is 10.6 Å². The second kappa shape index (κ2) is 16.5. The highest BCUT2D eigenvalue weighted by molar-refractivity contribution is 7.91. The molecule has 330 valence electrons. The van der Waals surface area contributed by atoms with Crippen LogP contribution in [0.4, 0.5) is 13.6 Å². The maximum atomic E-state index is 15.0. The van der Waals surface area contributed by atoms with Gasteiger partial charge in [0.25, 0.3) is 5.91 Å². The molecule has 4 fully saturated rings. The molecule has 1 aromatic heterocycles. The Morgan fingerprint density at radius 1 is 1.05 bits per heavy atom. The zero-order chi connectivity index (χ0) is 43.4. The van der Waals surface area contributed by atoms with Gasteiger partial charge in [-0.1, -0.05) is 40.5 Å². The average Bonchev–Trinajstić information content (AvgIpc) is 4.12. The van der Waals surface area contributed by atoms with E-state index in [-0.39, 0.29) is 18.3 Å². The number of benzene rings is 1. The highest BCUT2D eigenvalue weighted by Crippen LogP contribution is 2.51. The highest BCUT2D eigenvalue weighted by Gasteiger charge is 2.68. The van der Waals surface area contributed by atoms with Gasteiger partial charge in [-0.2, -0.15) is 0 Å². The molecule has 7 atom stereocenters. The third-order valence-corrected chi connectivity index (χ3v) is 15.2. The summed E-state index contributed by atoms with van der Waals surface area (Å²) >= 11 is 0. The molecule has 2 bridgehead atoms. The van der Waals surface area contributed by atoms with Crippen LogP contribution in [0.1, 0.15) is 111 Å². The minimum Gasteiger partial charge on any atom is -0.497 e. The lowest BCUT2D eigenvalue weighted by Crippen LogP contribution is -2.61. The molecule has 15 nitrogen and oxygen atoms in total. The van der Waals surface area contributed by atoms with Gasteiger partial charge in [-0.15, -0.1) is 0 Å². The zero-order valence-electron chi connectivity index (χ0n) is 35.2. The smallest absolute Gasteiger partial charge is 0.408 e. The number of nitrogens with one attached hydrogen (secondary N) is 3. The van der Waals surface area contributed by atoms with E-state index in [1.54, 1.807) is 40.0 Å². The number of nitrogens with zero attached hydrogens (tertiary/aromatic N) is 3. The van der Waals surface area contributed by atoms with Crippen molar-refractivity contribution in [2.24, 2.45) is 23.2 Å². The van der Waals surface area contributed by atoms with Crippen molar-refractivity contribution in [1.29, 1.82) is 0 Å². The van der Waals surface area contributed by atoms with Crippen molar-refractivity contribution in [1.82, 2.24) is 30.2 Å². The van der Waals surface area contributed by atoms with E-state index < -0.39 is 98.5 Å². The molecule has 18 heteroatoms. The van der Waals surface area contributed by atoms with Gasteiger partial charge in [0, 0.05) is 12.0 Å². The molecule has 1 saturated heterocycles. The number of rotatable bonds is 9. The van der Waals surface area contributed by atoms with Crippen LogP contribution in [-0.2, 0) is 35.6 Å². The Balaban J connectivity index is 1.29. The van der Waals surface area contributed by atoms with Gasteiger partial charge in [-0.25, -0.2) is 32.0 Å². The molecule has 0 radical (unpaired) electrons. The van der Waals surface area contributed by atoms with Crippen molar-refractivity contribution >= 4 is 44.9 Å². The van der Waals surface area contributed by atoms with Gasteiger partial charge in [0.1, 0.15) is 41.3 Å². The number of amides is 4. The summed E-state index contributed by atoms with van der Waals surface area (Å²) in [6.45, 7) is 8.52. The molecule has 3 heterocycles. The quantitative estimate of drug-likeness (QED) is 0.301. The number of sulfonamides is 1. The van der Waals surface area contributed by atoms with E-state index in [0.717, 1.165) is 25.7 Å². The second-order valence-corrected chi connectivity index (χ2v) is 20.9. The van der Waals surface area contributed by atoms with Crippen LogP contribution in [0.2, 0.25) is 0 Å². The van der Waals surface area contributed by atoms with E-state index in [1.165, 1.54) is 11.8 Å². The first kappa shape index (κ1) is 43.7. The molecule has 1 aromatic carbocycles. The minimum absolute atomic E-state index is 0.143. The van der Waals surface area contributed by atoms with Crippen LogP contribution in [0.5, 0.6) is 11.6 Å². The van der Waals surface area contributed by atoms with Crippen LogP contribution >= 0.6 is 0 Å². The lowest BCUT2D eigenvalue weighted by molar-refractivity contribution is -0.144. The Bertz CT molecular complexity index is 2110. The topological polar surface area (TPSA) is 195 Å². The fraction of sp³-hybridized carbons (Fsp3) is 0.714. The Morgan fingerprint density at radius 2 is 1.77 bits per heavy atom. The molecule has 5 aliphatic rings. The lowest BCUT2D eigenvalue weighted by Gasteiger charge is -2.36. The normalized spacial score (nSPS) is 29.9. The standard InChI is InChI=1S/C42H58F2N6O9S/c1-7-24-12-10-8-9-11-13-28-36(46-29-20-25(57-6)16-17-27(29)45-28)59-30-22-50(37(52)33(40(2,3)4)47-39(54)58-24)32(31(30)23-14-15-23)35(51)48-42(21-26(42)34(43)44)38(53)49-60(55,56)41(5)18-19-41/h16-17,20,23-24,26,30-34H,7-15,18-19,21-22H2,1-6H3,(H,47,54)(H,48,51)(H,49,53)/t24-,26+,30+,31-,32+,33-,42-/m1/s1. The molecular weight excluding hydrogens is 803 g/mol. The van der Waals surface area contributed by atoms with Gasteiger partial charge in [0.15, 0.2) is 0 Å². The molecule has 0 spiro atoms. The number of aromatic nitrogens is 2. The fourth-order valence-electron chi connectivity index (χ4n) is 8.73. The number of halogens is 2. The average molecular weight is 861 g/mol. The van der Waals surface area contributed by atoms with Crippen molar-refractivity contribution in [2.75, 3.05) is 13.7 Å². The SMILES string of the molecule is CC[C@@H]1CCCCCCc2nc3ccc(OC)cc3nc2O[C@H]2CN(C(=O)[C@H](C(C)(C)C)NC(=O)O1)[C@H](C(=O)N[C@]1(C(=O)NS(=O)(=O)C3(C)CC3)C[C@H]1C(F)F)[C@@H]2C1CC1. The van der Waals surface area contributed by atoms with Gasteiger partial charge in [-0.3, -0.25) is 19.1 Å². The summed E-state index contributed by atoms with van der Waals surface area (Å²) in [5.74, 6) is -4.50. The van der Waals surface area contributed by atoms with Crippen LogP contribution in [-0.4, -0.2) is 102 Å². The van der Waals surface area contributed by atoms with Gasteiger partial charge in [-0.05, 0) is 94.6 Å². The third kappa shape index (κ3) is 8.85. The third-order valence-electron chi connectivity index (χ3n) is 13.1. The van der Waals surface area contributed by atoms with Crippen LogP contribution in [0.15, 0.2) is 18.2 Å². The van der Waals surface area contributed by atoms with Crippen molar-refractivity contribution < 1.29 is 50.6 Å². The molecule has 3 saturated carbocycles. The summed E-state index contributed by atoms with van der Waals surface area (Å²) in [4.78, 5) is 68.4. The number of methoxy groups -OCH3 is 1. The molecule has 4 amide bonds. The number of carbonyl (C=O) groups is 4. The highest BCUT2D eigenvalue weighted by atomic mass is 32.2. The monoisotopic (exact) mass is 860 g/mol. The van der Waals surface area contributed by atoms with Crippen molar-refractivity contribution in [3.05, 3.63) is 23.9 Å². The van der Waals surface area contributed by atoms with Gasteiger partial charge >= 0.3 is 6.09 Å². The molecule has 2 aromatic rings. The van der Waals surface area contributed by atoms with E-state index in [0.29, 0.717) is 67.4 Å². The van der Waals surface area contributed by atoms with Gasteiger partial charge in [0.2, 0.25) is 34.1 Å². The first-order valence-electron chi connectivity index (χ1n) is 21.3. The summed E-state index contributed by atoms with van der Waals surface area (Å²) in [5.41, 5.74) is -1.41. The lowest BCUT2D eigenvalue weighted by atomic mass is 9.85. The zero-order valence-corrected chi connectivity index (χ0v) is 36.0. The number of carbonyl (C=O) groups excluding carboxylic acids is 4. The summed E-state index contributed by atoms with van der Waals surface area (Å²) < 4.78 is 74.1. The Hall–Kier alpha value is -4.35. The van der Waals surface area contributed by atoms with Crippen molar-refractivity contribution in [2.45, 2.75) is 153 Å². The maximum absolute atomic E-state index is 15.0. The molecular formula is C42H58F2N6O9S. The maximum Gasteiger partial charge on any atom is 0.408 e. The molecule has 7 rings (SSSR count). The van der Waals surface area contributed by atoms with Crippen molar-refractivity contribution in [3.8, 4) is 11.6 Å². The first-order chi connectivity index (χ1) is 28.3. The number of fused-ring (bicyclic) bond motifs is 4. The van der Waals surface area contributed by atoms with Gasteiger partial charge < -0.3 is 29.7 Å². The Kier molecular flexibility index (Phi) is 12.0. The number of hydrogen-bond donors (Lipinski definition) is 3. The predicted molar refractivity (Wildman–Crippen MR) is 216 cm³/mol. The summed E-state index contributed by atoms with van der Waals surface area (Å²) in [5, 5.41) is 5.34. The summed E-state index contributed by atoms with van der Waals surface area (Å²) in [7, 11) is -2.70. The largest absolute Gasteiger partial charge is 0.497 e. The van der Waals surface area contributed by atoms with Gasteiger partial charge in [0.05, 0.1) is 35.4 Å². The van der Waals surface area contributed by atoms with Crippen LogP contribution in [0, 0.1) is 23.2 Å². The minimum atomic E-state index is -4.25. The van der Waals surface area contributed by atoms with E-state index in [1.807, 2.05) is 17.7 Å². The van der Waals surface area contributed by atoms with Crippen LogP contribution < -0.4 is 24.8 Å². The molecule has 0 unspecified atom stereocenters. The number of alkyl carbamates (subject to hydrolysis) is 1. The second-order valence-electron chi connectivity index (χ2n) is 18.7. The number of aryl methyl sites for hydroxylation is 1. The number of ether oxygens (including phenoxy) is 3. The first-order valence-corrected chi connectivity index (χ1v) is 22.7. The summed E-state index contributed by atoms with van der Waals surface area (Å²) in [6.07, 6.45) is 1.39. The van der Waals surface area contributed by atoms with Crippen LogP contribution in [0.3, 0.4) is 0 Å². The fourth-order valence-corrected chi connectivity index (χ4v) is 10.0. The number of hydrogen-bond acceptors (Lipinski definition) is 11.